The van der Waals surface area contributed by atoms with Gasteiger partial charge in [-0.15, -0.1) is 0 Å². The predicted molar refractivity (Wildman–Crippen MR) is 74.7 cm³/mol. The smallest absolute Gasteiger partial charge is 0.253 e. The molecule has 0 saturated carbocycles. The molecule has 0 heterocycles. The average molecular weight is 320 g/mol. The third-order valence-electron chi connectivity index (χ3n) is 2.40. The highest BCUT2D eigenvalue weighted by Gasteiger charge is 2.12. The first-order chi connectivity index (χ1) is 7.91. The van der Waals surface area contributed by atoms with Crippen molar-refractivity contribution in [2.45, 2.75) is 0 Å². The highest BCUT2D eigenvalue weighted by Crippen LogP contribution is 2.23. The minimum atomic E-state index is -0.0127. The van der Waals surface area contributed by atoms with E-state index in [-0.39, 0.29) is 5.91 Å². The molecule has 0 aliphatic heterocycles. The molecule has 0 bridgehead atoms. The summed E-state index contributed by atoms with van der Waals surface area (Å²) in [6.45, 7) is 1.53. The molecule has 0 atom stereocenters. The van der Waals surface area contributed by atoms with Crippen LogP contribution in [0.2, 0.25) is 5.02 Å². The summed E-state index contributed by atoms with van der Waals surface area (Å²) in [4.78, 5) is 15.8. The lowest BCUT2D eigenvalue weighted by Gasteiger charge is -2.19. The van der Waals surface area contributed by atoms with E-state index >= 15 is 0 Å². The Balaban J connectivity index is 2.71. The molecule has 1 rings (SSSR count). The van der Waals surface area contributed by atoms with Gasteiger partial charge in [-0.1, -0.05) is 11.6 Å². The van der Waals surface area contributed by atoms with E-state index in [9.17, 15) is 4.79 Å². The van der Waals surface area contributed by atoms with Crippen LogP contribution >= 0.6 is 27.5 Å². The van der Waals surface area contributed by atoms with Gasteiger partial charge < -0.3 is 9.80 Å². The molecule has 3 nitrogen and oxygen atoms in total. The largest absolute Gasteiger partial charge is 0.340 e. The monoisotopic (exact) mass is 318 g/mol. The molecule has 0 radical (unpaired) electrons. The molecule has 0 saturated heterocycles. The number of nitrogens with zero attached hydrogens (tertiary/aromatic N) is 2. The fourth-order valence-electron chi connectivity index (χ4n) is 1.30. The summed E-state index contributed by atoms with van der Waals surface area (Å²) in [6, 6.07) is 5.24. The molecule has 0 spiro atoms. The molecule has 0 unspecified atom stereocenters. The first kappa shape index (κ1) is 14.5. The second-order valence-electron chi connectivity index (χ2n) is 4.16. The molecule has 1 aromatic rings. The summed E-state index contributed by atoms with van der Waals surface area (Å²) in [7, 11) is 5.76. The van der Waals surface area contributed by atoms with Gasteiger partial charge in [0.2, 0.25) is 0 Å². The molecule has 5 heteroatoms. The number of likely N-dealkylation sites (N-methyl/N-ethyl adjacent to an activating group) is 2. The SMILES string of the molecule is CN(C)CCN(C)C(=O)c1ccc(Br)c(Cl)c1. The number of benzene rings is 1. The molecular weight excluding hydrogens is 304 g/mol. The van der Waals surface area contributed by atoms with E-state index in [1.54, 1.807) is 30.1 Å². The van der Waals surface area contributed by atoms with Gasteiger partial charge in [0.15, 0.2) is 0 Å². The second-order valence-corrected chi connectivity index (χ2v) is 5.42. The minimum absolute atomic E-state index is 0.0127. The number of hydrogen-bond donors (Lipinski definition) is 0. The van der Waals surface area contributed by atoms with Crippen LogP contribution in [0.1, 0.15) is 10.4 Å². The zero-order valence-corrected chi connectivity index (χ0v) is 12.5. The quantitative estimate of drug-likeness (QED) is 0.852. The van der Waals surface area contributed by atoms with Gasteiger partial charge in [-0.05, 0) is 48.2 Å². The van der Waals surface area contributed by atoms with Crippen LogP contribution in [0.4, 0.5) is 0 Å². The predicted octanol–water partition coefficient (Wildman–Crippen LogP) is 2.74. The third-order valence-corrected chi connectivity index (χ3v) is 3.63. The Morgan fingerprint density at radius 1 is 1.29 bits per heavy atom. The number of carbonyl (C=O) groups excluding carboxylic acids is 1. The molecule has 0 aliphatic rings. The van der Waals surface area contributed by atoms with Gasteiger partial charge in [-0.2, -0.15) is 0 Å². The minimum Gasteiger partial charge on any atom is -0.340 e. The molecule has 94 valence electrons. The van der Waals surface area contributed by atoms with Crippen LogP contribution in [0.5, 0.6) is 0 Å². The van der Waals surface area contributed by atoms with Crippen LogP contribution < -0.4 is 0 Å². The van der Waals surface area contributed by atoms with Crippen molar-refractivity contribution in [3.8, 4) is 0 Å². The molecule has 0 fully saturated rings. The maximum absolute atomic E-state index is 12.1. The first-order valence-corrected chi connectivity index (χ1v) is 6.44. The fourth-order valence-corrected chi connectivity index (χ4v) is 1.73. The Morgan fingerprint density at radius 2 is 1.94 bits per heavy atom. The van der Waals surface area contributed by atoms with Gasteiger partial charge in [0.05, 0.1) is 5.02 Å². The number of carbonyl (C=O) groups is 1. The average Bonchev–Trinajstić information content (AvgIpc) is 2.28. The summed E-state index contributed by atoms with van der Waals surface area (Å²) < 4.78 is 0.798. The van der Waals surface area contributed by atoms with Crippen molar-refractivity contribution in [1.29, 1.82) is 0 Å². The third kappa shape index (κ3) is 4.30. The lowest BCUT2D eigenvalue weighted by atomic mass is 10.2. The van der Waals surface area contributed by atoms with Crippen LogP contribution in [-0.4, -0.2) is 49.9 Å². The maximum atomic E-state index is 12.1. The first-order valence-electron chi connectivity index (χ1n) is 5.27. The number of rotatable bonds is 4. The topological polar surface area (TPSA) is 23.6 Å². The van der Waals surface area contributed by atoms with E-state index in [2.05, 4.69) is 15.9 Å². The van der Waals surface area contributed by atoms with E-state index < -0.39 is 0 Å². The Labute approximate surface area is 115 Å². The summed E-state index contributed by atoms with van der Waals surface area (Å²) in [6.07, 6.45) is 0. The molecule has 0 aliphatic carbocycles. The van der Waals surface area contributed by atoms with Crippen molar-refractivity contribution in [2.24, 2.45) is 0 Å². The van der Waals surface area contributed by atoms with Crippen molar-refractivity contribution in [3.05, 3.63) is 33.3 Å². The highest BCUT2D eigenvalue weighted by molar-refractivity contribution is 9.10. The molecule has 1 amide bonds. The van der Waals surface area contributed by atoms with E-state index in [0.717, 1.165) is 11.0 Å². The second kappa shape index (κ2) is 6.38. The van der Waals surface area contributed by atoms with Gasteiger partial charge in [0, 0.05) is 30.2 Å². The summed E-state index contributed by atoms with van der Waals surface area (Å²) in [5, 5.41) is 0.553. The lowest BCUT2D eigenvalue weighted by molar-refractivity contribution is 0.0786. The normalized spacial score (nSPS) is 10.7. The van der Waals surface area contributed by atoms with Crippen LogP contribution in [0.3, 0.4) is 0 Å². The molecule has 17 heavy (non-hydrogen) atoms. The van der Waals surface area contributed by atoms with E-state index in [0.29, 0.717) is 17.1 Å². The van der Waals surface area contributed by atoms with Gasteiger partial charge in [0.25, 0.3) is 5.91 Å². The highest BCUT2D eigenvalue weighted by atomic mass is 79.9. The number of hydrogen-bond acceptors (Lipinski definition) is 2. The van der Waals surface area contributed by atoms with Crippen LogP contribution in [0.15, 0.2) is 22.7 Å². The lowest BCUT2D eigenvalue weighted by Crippen LogP contribution is -2.33. The Kier molecular flexibility index (Phi) is 5.43. The Morgan fingerprint density at radius 3 is 2.47 bits per heavy atom. The molecular formula is C12H16BrClN2O. The molecule has 0 aromatic heterocycles. The maximum Gasteiger partial charge on any atom is 0.253 e. The zero-order chi connectivity index (χ0) is 13.0. The van der Waals surface area contributed by atoms with E-state index in [1.807, 2.05) is 19.0 Å². The molecule has 0 N–H and O–H groups in total. The number of amides is 1. The van der Waals surface area contributed by atoms with Crippen molar-refractivity contribution < 1.29 is 4.79 Å². The summed E-state index contributed by atoms with van der Waals surface area (Å²) in [5.41, 5.74) is 0.611. The standard InChI is InChI=1S/C12H16BrClN2O/c1-15(2)6-7-16(3)12(17)9-4-5-10(13)11(14)8-9/h4-5,8H,6-7H2,1-3H3. The van der Waals surface area contributed by atoms with E-state index in [4.69, 9.17) is 11.6 Å². The van der Waals surface area contributed by atoms with E-state index in [1.165, 1.54) is 0 Å². The van der Waals surface area contributed by atoms with Gasteiger partial charge in [-0.3, -0.25) is 4.79 Å². The van der Waals surface area contributed by atoms with Crippen LogP contribution in [0.25, 0.3) is 0 Å². The van der Waals surface area contributed by atoms with Crippen LogP contribution in [-0.2, 0) is 0 Å². The van der Waals surface area contributed by atoms with Crippen molar-refractivity contribution in [3.63, 3.8) is 0 Å². The zero-order valence-electron chi connectivity index (χ0n) is 10.2. The van der Waals surface area contributed by atoms with Crippen molar-refractivity contribution in [2.75, 3.05) is 34.2 Å². The summed E-state index contributed by atoms with van der Waals surface area (Å²) in [5.74, 6) is -0.0127. The van der Waals surface area contributed by atoms with Crippen LogP contribution in [0, 0.1) is 0 Å². The van der Waals surface area contributed by atoms with Gasteiger partial charge >= 0.3 is 0 Å². The fraction of sp³-hybridized carbons (Fsp3) is 0.417. The Hall–Kier alpha value is -0.580. The van der Waals surface area contributed by atoms with Gasteiger partial charge in [0.1, 0.15) is 0 Å². The van der Waals surface area contributed by atoms with Gasteiger partial charge in [-0.25, -0.2) is 0 Å². The molecule has 1 aromatic carbocycles. The number of halogens is 2. The van der Waals surface area contributed by atoms with Crippen molar-refractivity contribution >= 4 is 33.4 Å². The Bertz CT molecular complexity index is 409. The summed E-state index contributed by atoms with van der Waals surface area (Å²) >= 11 is 9.27. The van der Waals surface area contributed by atoms with Crippen molar-refractivity contribution in [1.82, 2.24) is 9.80 Å².